The number of aromatic nitrogens is 1. The van der Waals surface area contributed by atoms with Crippen molar-refractivity contribution in [3.63, 3.8) is 0 Å². The Hall–Kier alpha value is -8.00. The molecule has 0 radical (unpaired) electrons. The van der Waals surface area contributed by atoms with E-state index in [4.69, 9.17) is 0 Å². The number of hydrogen-bond donors (Lipinski definition) is 0. The van der Waals surface area contributed by atoms with Gasteiger partial charge in [-0.05, 0) is 119 Å². The predicted molar refractivity (Wildman–Crippen MR) is 279 cm³/mol. The van der Waals surface area contributed by atoms with Crippen molar-refractivity contribution in [1.29, 1.82) is 0 Å². The molecular weight excluding hydrogens is 807 g/mol. The van der Waals surface area contributed by atoms with Gasteiger partial charge in [0.1, 0.15) is 0 Å². The number of para-hydroxylation sites is 3. The number of nitrogens with zero attached hydrogens (tertiary/aromatic N) is 1. The summed E-state index contributed by atoms with van der Waals surface area (Å²) in [6, 6.07) is 87.3. The zero-order chi connectivity index (χ0) is 44.4. The van der Waals surface area contributed by atoms with Gasteiger partial charge >= 0.3 is 0 Å². The molecule has 1 spiro atoms. The van der Waals surface area contributed by atoms with E-state index in [0.29, 0.717) is 0 Å². The van der Waals surface area contributed by atoms with Gasteiger partial charge in [0.15, 0.2) is 0 Å². The van der Waals surface area contributed by atoms with E-state index in [2.05, 4.69) is 249 Å². The molecule has 1 heteroatoms. The van der Waals surface area contributed by atoms with Crippen molar-refractivity contribution >= 4 is 21.8 Å². The predicted octanol–water partition coefficient (Wildman–Crippen LogP) is 16.5. The normalized spacial score (nSPS) is 16.1. The van der Waals surface area contributed by atoms with Crippen molar-refractivity contribution in [3.8, 4) is 50.2 Å². The summed E-state index contributed by atoms with van der Waals surface area (Å²) in [5.74, 6) is 0.119. The molecule has 2 heterocycles. The van der Waals surface area contributed by atoms with Crippen molar-refractivity contribution in [3.05, 3.63) is 281 Å². The highest BCUT2D eigenvalue weighted by atomic mass is 15.0. The molecule has 0 amide bonds. The molecule has 11 aromatic rings. The molecule has 0 saturated carbocycles. The summed E-state index contributed by atoms with van der Waals surface area (Å²) in [5, 5.41) is 2.59. The van der Waals surface area contributed by atoms with Gasteiger partial charge in [-0.2, -0.15) is 0 Å². The van der Waals surface area contributed by atoms with E-state index in [9.17, 15) is 0 Å². The first-order valence-corrected chi connectivity index (χ1v) is 23.9. The van der Waals surface area contributed by atoms with Crippen LogP contribution in [0.15, 0.2) is 231 Å². The summed E-state index contributed by atoms with van der Waals surface area (Å²) in [6.45, 7) is 4.73. The van der Waals surface area contributed by atoms with Crippen LogP contribution in [0.5, 0.6) is 0 Å². The second kappa shape index (κ2) is 14.2. The van der Waals surface area contributed by atoms with Gasteiger partial charge in [0.05, 0.1) is 22.1 Å². The molecule has 10 aromatic carbocycles. The minimum Gasteiger partial charge on any atom is -0.309 e. The van der Waals surface area contributed by atoms with Crippen LogP contribution in [0, 0.1) is 0 Å². The lowest BCUT2D eigenvalue weighted by atomic mass is 9.65. The van der Waals surface area contributed by atoms with Crippen LogP contribution in [0.2, 0.25) is 0 Å². The average Bonchev–Trinajstić information content (AvgIpc) is 3.97. The molecule has 3 aliphatic rings. The Morgan fingerprint density at radius 2 is 1.00 bits per heavy atom. The Morgan fingerprint density at radius 3 is 1.85 bits per heavy atom. The standard InChI is InChI=1S/C66H47N/c1-65(2)55-27-11-9-24-53(55)63-47(25-16-30-58(63)65)43-34-36-44(37-35-43)54(40-42-18-4-3-5-19-42)48-21-7-6-20-46(48)45-38-39-50-49-22-8-12-28-56(49)66(60(50)41-45)57-29-13-15-33-62(57)67-61-32-14-10-23-51(61)52-26-17-31-59(66)64(52)67/h3-39,41,54H,40H2,1-2H3. The lowest BCUT2D eigenvalue weighted by Crippen LogP contribution is -2.33. The monoisotopic (exact) mass is 853 g/mol. The summed E-state index contributed by atoms with van der Waals surface area (Å²) in [7, 11) is 0. The van der Waals surface area contributed by atoms with Crippen molar-refractivity contribution in [2.75, 3.05) is 0 Å². The first kappa shape index (κ1) is 38.3. The fourth-order valence-electron chi connectivity index (χ4n) is 12.9. The number of hydrogen-bond acceptors (Lipinski definition) is 0. The number of rotatable bonds is 6. The molecule has 1 aromatic heterocycles. The Labute approximate surface area is 392 Å². The zero-order valence-electron chi connectivity index (χ0n) is 37.7. The zero-order valence-corrected chi connectivity index (χ0v) is 37.7. The first-order valence-electron chi connectivity index (χ1n) is 23.9. The summed E-state index contributed by atoms with van der Waals surface area (Å²) < 4.78 is 2.53. The van der Waals surface area contributed by atoms with Crippen LogP contribution in [0.3, 0.4) is 0 Å². The van der Waals surface area contributed by atoms with Gasteiger partial charge in [-0.3, -0.25) is 0 Å². The number of benzene rings is 10. The van der Waals surface area contributed by atoms with Crippen molar-refractivity contribution < 1.29 is 0 Å². The molecule has 0 fully saturated rings. The number of fused-ring (bicyclic) bond motifs is 15. The lowest BCUT2D eigenvalue weighted by Gasteiger charge is -2.39. The van der Waals surface area contributed by atoms with Crippen LogP contribution in [0.1, 0.15) is 69.8 Å². The van der Waals surface area contributed by atoms with E-state index in [1.54, 1.807) is 0 Å². The quantitative estimate of drug-likeness (QED) is 0.157. The second-order valence-corrected chi connectivity index (χ2v) is 19.5. The molecule has 2 unspecified atom stereocenters. The molecule has 14 rings (SSSR count). The molecule has 1 nitrogen and oxygen atoms in total. The molecule has 0 N–H and O–H groups in total. The van der Waals surface area contributed by atoms with Gasteiger partial charge in [-0.15, -0.1) is 0 Å². The lowest BCUT2D eigenvalue weighted by molar-refractivity contribution is 0.660. The van der Waals surface area contributed by atoms with Crippen molar-refractivity contribution in [2.24, 2.45) is 0 Å². The average molecular weight is 854 g/mol. The molecule has 2 aliphatic carbocycles. The maximum atomic E-state index is 2.56. The highest BCUT2D eigenvalue weighted by Gasteiger charge is 2.51. The summed E-state index contributed by atoms with van der Waals surface area (Å²) in [5.41, 5.74) is 25.8. The van der Waals surface area contributed by atoms with E-state index < -0.39 is 5.41 Å². The highest BCUT2D eigenvalue weighted by molar-refractivity contribution is 6.13. The fourth-order valence-corrected chi connectivity index (χ4v) is 12.9. The summed E-state index contributed by atoms with van der Waals surface area (Å²) in [4.78, 5) is 0. The third-order valence-corrected chi connectivity index (χ3v) is 15.9. The third-order valence-electron chi connectivity index (χ3n) is 15.9. The molecule has 0 bridgehead atoms. The first-order chi connectivity index (χ1) is 33.0. The van der Waals surface area contributed by atoms with Crippen molar-refractivity contribution in [1.82, 2.24) is 4.57 Å². The van der Waals surface area contributed by atoms with Crippen LogP contribution in [-0.4, -0.2) is 4.57 Å². The Balaban J connectivity index is 0.951. The van der Waals surface area contributed by atoms with Gasteiger partial charge < -0.3 is 4.57 Å². The molecule has 1 aliphatic heterocycles. The largest absolute Gasteiger partial charge is 0.309 e. The Bertz CT molecular complexity index is 3810. The van der Waals surface area contributed by atoms with Gasteiger partial charge in [0, 0.05) is 22.1 Å². The summed E-state index contributed by atoms with van der Waals surface area (Å²) in [6.07, 6.45) is 0.889. The molecule has 0 saturated heterocycles. The van der Waals surface area contributed by atoms with E-state index in [1.165, 1.54) is 122 Å². The smallest absolute Gasteiger partial charge is 0.0754 e. The third kappa shape index (κ3) is 5.26. The minimum absolute atomic E-state index is 0.0416. The van der Waals surface area contributed by atoms with Crippen LogP contribution < -0.4 is 0 Å². The van der Waals surface area contributed by atoms with Crippen molar-refractivity contribution in [2.45, 2.75) is 37.0 Å². The molecule has 2 atom stereocenters. The van der Waals surface area contributed by atoms with Crippen LogP contribution in [-0.2, 0) is 17.3 Å². The highest BCUT2D eigenvalue weighted by Crippen LogP contribution is 2.61. The van der Waals surface area contributed by atoms with Crippen LogP contribution in [0.25, 0.3) is 72.0 Å². The van der Waals surface area contributed by atoms with Gasteiger partial charge in [-0.25, -0.2) is 0 Å². The SMILES string of the molecule is CC1(C)c2ccccc2-c2c(-c3ccc(C(Cc4ccccc4)c4ccccc4-c4ccc5c(c4)C4(c6ccccc6-5)c5ccccc5-n5c6ccccc6c6cccc4c65)cc3)cccc21. The maximum Gasteiger partial charge on any atom is 0.0754 e. The van der Waals surface area contributed by atoms with Crippen LogP contribution in [0.4, 0.5) is 0 Å². The molecular formula is C66H47N. The van der Waals surface area contributed by atoms with Gasteiger partial charge in [0.2, 0.25) is 0 Å². The Morgan fingerprint density at radius 1 is 0.403 bits per heavy atom. The van der Waals surface area contributed by atoms with E-state index in [0.717, 1.165) is 6.42 Å². The van der Waals surface area contributed by atoms with E-state index >= 15 is 0 Å². The fraction of sp³-hybridized carbons (Fsp3) is 0.0909. The Kier molecular flexibility index (Phi) is 8.14. The summed E-state index contributed by atoms with van der Waals surface area (Å²) >= 11 is 0. The minimum atomic E-state index is -0.510. The van der Waals surface area contributed by atoms with E-state index in [-0.39, 0.29) is 11.3 Å². The maximum absolute atomic E-state index is 2.56. The van der Waals surface area contributed by atoms with Crippen LogP contribution >= 0.6 is 0 Å². The topological polar surface area (TPSA) is 4.93 Å². The molecule has 67 heavy (non-hydrogen) atoms. The second-order valence-electron chi connectivity index (χ2n) is 19.5. The van der Waals surface area contributed by atoms with E-state index in [1.807, 2.05) is 0 Å². The van der Waals surface area contributed by atoms with Gasteiger partial charge in [0.25, 0.3) is 0 Å². The molecule has 316 valence electrons. The van der Waals surface area contributed by atoms with Gasteiger partial charge in [-0.1, -0.05) is 226 Å².